The van der Waals surface area contributed by atoms with Crippen LogP contribution in [-0.2, 0) is 25.0 Å². The monoisotopic (exact) mass is 493 g/mol. The quantitative estimate of drug-likeness (QED) is 0.605. The van der Waals surface area contributed by atoms with Gasteiger partial charge in [0, 0.05) is 18.2 Å². The molecule has 2 aliphatic rings. The number of amides is 1. The minimum absolute atomic E-state index is 0.00447. The molecule has 2 aromatic rings. The molecule has 1 amide bonds. The zero-order valence-electron chi connectivity index (χ0n) is 19.7. The molecule has 34 heavy (non-hydrogen) atoms. The SMILES string of the molecule is CC[C@@H](O[C@@]12CC[C@@H](c3cc(-c4c(F)cccc4F)nnc31)C2(C)C)C(=O)NCCS(C)(=O)=O. The lowest BCUT2D eigenvalue weighted by atomic mass is 9.77. The third kappa shape index (κ3) is 4.00. The molecule has 1 fully saturated rings. The van der Waals surface area contributed by atoms with Crippen LogP contribution in [0.3, 0.4) is 0 Å². The Bertz CT molecular complexity index is 1210. The van der Waals surface area contributed by atoms with Gasteiger partial charge in [-0.1, -0.05) is 26.8 Å². The van der Waals surface area contributed by atoms with E-state index in [2.05, 4.69) is 15.5 Å². The van der Waals surface area contributed by atoms with Crippen molar-refractivity contribution in [3.05, 3.63) is 47.2 Å². The van der Waals surface area contributed by atoms with Crippen molar-refractivity contribution >= 4 is 15.7 Å². The first kappa shape index (κ1) is 24.7. The smallest absolute Gasteiger partial charge is 0.249 e. The zero-order valence-corrected chi connectivity index (χ0v) is 20.5. The number of carbonyl (C=O) groups is 1. The second-order valence-electron chi connectivity index (χ2n) is 9.71. The predicted molar refractivity (Wildman–Crippen MR) is 123 cm³/mol. The average Bonchev–Trinajstić information content (AvgIpc) is 3.11. The van der Waals surface area contributed by atoms with Crippen molar-refractivity contribution in [1.82, 2.24) is 15.5 Å². The molecule has 0 radical (unpaired) electrons. The fourth-order valence-electron chi connectivity index (χ4n) is 5.44. The molecule has 0 saturated heterocycles. The number of carbonyl (C=O) groups excluding carboxylic acids is 1. The Morgan fingerprint density at radius 2 is 1.94 bits per heavy atom. The van der Waals surface area contributed by atoms with Crippen LogP contribution in [0.4, 0.5) is 8.78 Å². The largest absolute Gasteiger partial charge is 0.355 e. The van der Waals surface area contributed by atoms with E-state index in [-0.39, 0.29) is 35.4 Å². The van der Waals surface area contributed by atoms with Crippen LogP contribution in [0.15, 0.2) is 24.3 Å². The second-order valence-corrected chi connectivity index (χ2v) is 12.0. The van der Waals surface area contributed by atoms with Gasteiger partial charge >= 0.3 is 0 Å². The summed E-state index contributed by atoms with van der Waals surface area (Å²) in [6, 6.07) is 5.35. The molecular formula is C24H29F2N3O4S. The molecule has 1 N–H and O–H groups in total. The topological polar surface area (TPSA) is 98.2 Å². The Morgan fingerprint density at radius 1 is 1.26 bits per heavy atom. The van der Waals surface area contributed by atoms with Gasteiger partial charge in [0.1, 0.15) is 33.2 Å². The number of nitrogens with one attached hydrogen (secondary N) is 1. The number of hydrogen-bond donors (Lipinski definition) is 1. The number of hydrogen-bond acceptors (Lipinski definition) is 6. The molecule has 7 nitrogen and oxygen atoms in total. The number of halogens is 2. The molecule has 2 aliphatic carbocycles. The van der Waals surface area contributed by atoms with Crippen molar-refractivity contribution in [3.63, 3.8) is 0 Å². The first-order chi connectivity index (χ1) is 15.9. The van der Waals surface area contributed by atoms with E-state index in [1.807, 2.05) is 20.8 Å². The van der Waals surface area contributed by atoms with E-state index in [9.17, 15) is 22.0 Å². The van der Waals surface area contributed by atoms with E-state index in [0.29, 0.717) is 18.5 Å². The summed E-state index contributed by atoms with van der Waals surface area (Å²) in [5.74, 6) is -1.93. The number of rotatable bonds is 8. The van der Waals surface area contributed by atoms with Gasteiger partial charge < -0.3 is 10.1 Å². The molecular weight excluding hydrogens is 464 g/mol. The molecule has 184 valence electrons. The van der Waals surface area contributed by atoms with Crippen molar-refractivity contribution in [2.75, 3.05) is 18.6 Å². The molecule has 0 aliphatic heterocycles. The summed E-state index contributed by atoms with van der Waals surface area (Å²) in [6.45, 7) is 5.92. The van der Waals surface area contributed by atoms with Crippen LogP contribution in [0.25, 0.3) is 11.3 Å². The van der Waals surface area contributed by atoms with Gasteiger partial charge in [-0.15, -0.1) is 5.10 Å². The van der Waals surface area contributed by atoms with E-state index in [1.165, 1.54) is 18.2 Å². The van der Waals surface area contributed by atoms with Crippen LogP contribution in [0.5, 0.6) is 0 Å². The first-order valence-corrected chi connectivity index (χ1v) is 13.4. The van der Waals surface area contributed by atoms with Crippen molar-refractivity contribution in [1.29, 1.82) is 0 Å². The molecule has 1 saturated carbocycles. The van der Waals surface area contributed by atoms with Crippen LogP contribution in [0.1, 0.15) is 57.2 Å². The fraction of sp³-hybridized carbons (Fsp3) is 0.542. The highest BCUT2D eigenvalue weighted by molar-refractivity contribution is 7.90. The Kier molecular flexibility index (Phi) is 6.27. The van der Waals surface area contributed by atoms with Crippen molar-refractivity contribution in [2.45, 2.75) is 57.7 Å². The summed E-state index contributed by atoms with van der Waals surface area (Å²) in [6.07, 6.45) is 2.09. The van der Waals surface area contributed by atoms with Crippen molar-refractivity contribution < 1.29 is 26.7 Å². The third-order valence-corrected chi connectivity index (χ3v) is 8.22. The molecule has 1 aromatic carbocycles. The van der Waals surface area contributed by atoms with E-state index in [4.69, 9.17) is 4.74 Å². The molecule has 2 bridgehead atoms. The highest BCUT2D eigenvalue weighted by Gasteiger charge is 2.65. The minimum Gasteiger partial charge on any atom is -0.355 e. The zero-order chi connectivity index (χ0) is 24.9. The van der Waals surface area contributed by atoms with Crippen LogP contribution in [0.2, 0.25) is 0 Å². The fourth-order valence-corrected chi connectivity index (χ4v) is 5.91. The summed E-state index contributed by atoms with van der Waals surface area (Å²) in [4.78, 5) is 12.8. The summed E-state index contributed by atoms with van der Waals surface area (Å²) in [7, 11) is -3.20. The molecule has 0 spiro atoms. The summed E-state index contributed by atoms with van der Waals surface area (Å²) in [5, 5.41) is 11.2. The maximum Gasteiger partial charge on any atom is 0.249 e. The second kappa shape index (κ2) is 8.64. The Labute approximate surface area is 198 Å². The molecule has 1 aromatic heterocycles. The highest BCUT2D eigenvalue weighted by Crippen LogP contribution is 2.68. The molecule has 10 heteroatoms. The Balaban J connectivity index is 1.66. The highest BCUT2D eigenvalue weighted by atomic mass is 32.2. The molecule has 0 unspecified atom stereocenters. The number of sulfone groups is 1. The van der Waals surface area contributed by atoms with Gasteiger partial charge in [0.15, 0.2) is 0 Å². The number of fused-ring (bicyclic) bond motifs is 5. The van der Waals surface area contributed by atoms with Gasteiger partial charge in [-0.25, -0.2) is 17.2 Å². The van der Waals surface area contributed by atoms with Gasteiger partial charge in [-0.05, 0) is 48.9 Å². The number of benzene rings is 1. The maximum atomic E-state index is 14.4. The van der Waals surface area contributed by atoms with Crippen molar-refractivity contribution in [3.8, 4) is 11.3 Å². The predicted octanol–water partition coefficient (Wildman–Crippen LogP) is 3.49. The van der Waals surface area contributed by atoms with Gasteiger partial charge in [0.2, 0.25) is 5.91 Å². The van der Waals surface area contributed by atoms with Crippen LogP contribution < -0.4 is 5.32 Å². The minimum atomic E-state index is -3.20. The van der Waals surface area contributed by atoms with Crippen LogP contribution in [-0.4, -0.2) is 49.2 Å². The van der Waals surface area contributed by atoms with Crippen LogP contribution >= 0.6 is 0 Å². The maximum absolute atomic E-state index is 14.4. The first-order valence-electron chi connectivity index (χ1n) is 11.4. The summed E-state index contributed by atoms with van der Waals surface area (Å²) >= 11 is 0. The molecule has 3 atom stereocenters. The van der Waals surface area contributed by atoms with E-state index in [1.54, 1.807) is 6.07 Å². The number of nitrogens with zero attached hydrogens (tertiary/aromatic N) is 2. The summed E-state index contributed by atoms with van der Waals surface area (Å²) in [5.41, 5.74) is 0.00853. The van der Waals surface area contributed by atoms with Gasteiger partial charge in [-0.3, -0.25) is 4.79 Å². The van der Waals surface area contributed by atoms with Crippen LogP contribution in [0, 0.1) is 17.0 Å². The lowest BCUT2D eigenvalue weighted by molar-refractivity contribution is -0.168. The molecule has 4 rings (SSSR count). The average molecular weight is 494 g/mol. The van der Waals surface area contributed by atoms with Gasteiger partial charge in [0.05, 0.1) is 22.7 Å². The van der Waals surface area contributed by atoms with Gasteiger partial charge in [0.25, 0.3) is 0 Å². The Morgan fingerprint density at radius 3 is 2.56 bits per heavy atom. The van der Waals surface area contributed by atoms with E-state index >= 15 is 0 Å². The number of ether oxygens (including phenoxy) is 1. The molecule has 1 heterocycles. The van der Waals surface area contributed by atoms with E-state index < -0.39 is 38.6 Å². The normalized spacial score (nSPS) is 23.5. The standard InChI is InChI=1S/C24H29F2N3O4S/c1-5-19(22(30)27-11-12-34(4,31)32)33-24-10-9-15(23(24,2)3)14-13-18(28-29-21(14)24)20-16(25)7-6-8-17(20)26/h6-8,13,15,19H,5,9-12H2,1-4H3,(H,27,30)/t15-,19+,24-/m0/s1. The van der Waals surface area contributed by atoms with Crippen molar-refractivity contribution in [2.24, 2.45) is 5.41 Å². The van der Waals surface area contributed by atoms with Gasteiger partial charge in [-0.2, -0.15) is 5.10 Å². The third-order valence-electron chi connectivity index (χ3n) is 7.28. The number of aromatic nitrogens is 2. The lowest BCUT2D eigenvalue weighted by Gasteiger charge is -2.40. The summed E-state index contributed by atoms with van der Waals surface area (Å²) < 4.78 is 58.0. The Hall–Kier alpha value is -2.46. The lowest BCUT2D eigenvalue weighted by Crippen LogP contribution is -2.47. The van der Waals surface area contributed by atoms with E-state index in [0.717, 1.165) is 18.2 Å².